The molecule has 9 aromatic rings. The SMILES string of the molecule is O=P(c1ccccc1)(c1ccccc1)c1ccc(-c2cc(-c3nc(-c4ccccc4)nc(-c4ccc5ccccc5c4)n3)nc(-c3ccccc3)n2)cc1. The summed E-state index contributed by atoms with van der Waals surface area (Å²) in [6, 6.07) is 63.5. The van der Waals surface area contributed by atoms with Gasteiger partial charge in [0.2, 0.25) is 0 Å². The molecule has 0 N–H and O–H groups in total. The molecule has 0 aliphatic rings. The van der Waals surface area contributed by atoms with E-state index in [-0.39, 0.29) is 0 Å². The number of hydrogen-bond acceptors (Lipinski definition) is 6. The minimum atomic E-state index is -3.15. The van der Waals surface area contributed by atoms with Crippen molar-refractivity contribution in [1.29, 1.82) is 0 Å². The maximum atomic E-state index is 15.1. The molecule has 256 valence electrons. The van der Waals surface area contributed by atoms with E-state index in [1.807, 2.05) is 170 Å². The van der Waals surface area contributed by atoms with Gasteiger partial charge in [-0.2, -0.15) is 0 Å². The van der Waals surface area contributed by atoms with Gasteiger partial charge in [0.05, 0.1) is 5.69 Å². The van der Waals surface area contributed by atoms with E-state index >= 15 is 4.57 Å². The summed E-state index contributed by atoms with van der Waals surface area (Å²) in [6.45, 7) is 0. The van der Waals surface area contributed by atoms with Gasteiger partial charge in [0.1, 0.15) is 5.69 Å². The van der Waals surface area contributed by atoms with Gasteiger partial charge in [-0.3, -0.25) is 0 Å². The van der Waals surface area contributed by atoms with E-state index in [2.05, 4.69) is 24.3 Å². The van der Waals surface area contributed by atoms with Crippen LogP contribution in [0, 0.1) is 0 Å². The van der Waals surface area contributed by atoms with Crippen molar-refractivity contribution in [2.75, 3.05) is 0 Å². The van der Waals surface area contributed by atoms with Crippen LogP contribution in [0.15, 0.2) is 194 Å². The number of fused-ring (bicyclic) bond motifs is 1. The maximum Gasteiger partial charge on any atom is 0.182 e. The molecule has 0 bridgehead atoms. The van der Waals surface area contributed by atoms with E-state index in [9.17, 15) is 0 Å². The highest BCUT2D eigenvalue weighted by atomic mass is 31.2. The van der Waals surface area contributed by atoms with Crippen molar-refractivity contribution < 1.29 is 4.57 Å². The Balaban J connectivity index is 1.20. The Morgan fingerprint density at radius 2 is 0.722 bits per heavy atom. The first-order chi connectivity index (χ1) is 26.6. The minimum absolute atomic E-state index is 0.433. The Morgan fingerprint density at radius 3 is 1.31 bits per heavy atom. The fourth-order valence-electron chi connectivity index (χ4n) is 6.66. The standard InChI is InChI=1S/C47H32N5OP/c53-54(39-21-9-3-10-22-39,40-23-11-4-12-24-40)41-29-27-34(28-30-41)42-32-43(49-44(48-42)35-16-5-1-6-17-35)47-51-45(36-18-7-2-8-19-36)50-46(52-47)38-26-25-33-15-13-14-20-37(33)31-38/h1-32H. The lowest BCUT2D eigenvalue weighted by Gasteiger charge is -2.20. The minimum Gasteiger partial charge on any atom is -0.309 e. The maximum absolute atomic E-state index is 15.1. The van der Waals surface area contributed by atoms with Gasteiger partial charge in [0.15, 0.2) is 30.4 Å². The molecular formula is C47H32N5OP. The number of nitrogens with zero attached hydrogens (tertiary/aromatic N) is 5. The van der Waals surface area contributed by atoms with Crippen molar-refractivity contribution in [3.63, 3.8) is 0 Å². The molecule has 0 spiro atoms. The van der Waals surface area contributed by atoms with Crippen LogP contribution in [-0.4, -0.2) is 24.9 Å². The Hall–Kier alpha value is -6.88. The van der Waals surface area contributed by atoms with Crippen molar-refractivity contribution in [3.8, 4) is 56.9 Å². The first-order valence-corrected chi connectivity index (χ1v) is 19.4. The average Bonchev–Trinajstić information content (AvgIpc) is 3.27. The van der Waals surface area contributed by atoms with Gasteiger partial charge in [0.25, 0.3) is 0 Å². The number of hydrogen-bond donors (Lipinski definition) is 0. The molecule has 54 heavy (non-hydrogen) atoms. The van der Waals surface area contributed by atoms with E-state index in [0.717, 1.165) is 48.9 Å². The second-order valence-electron chi connectivity index (χ2n) is 12.9. The first kappa shape index (κ1) is 33.0. The lowest BCUT2D eigenvalue weighted by atomic mass is 10.1. The Kier molecular flexibility index (Phi) is 8.72. The third-order valence-electron chi connectivity index (χ3n) is 9.43. The zero-order chi connectivity index (χ0) is 36.3. The summed E-state index contributed by atoms with van der Waals surface area (Å²) in [4.78, 5) is 25.1. The Morgan fingerprint density at radius 1 is 0.296 bits per heavy atom. The molecule has 0 atom stereocenters. The highest BCUT2D eigenvalue weighted by Crippen LogP contribution is 2.42. The summed E-state index contributed by atoms with van der Waals surface area (Å²) in [6.07, 6.45) is 0. The fraction of sp³-hybridized carbons (Fsp3) is 0. The van der Waals surface area contributed by atoms with Crippen LogP contribution in [-0.2, 0) is 4.57 Å². The van der Waals surface area contributed by atoms with Crippen molar-refractivity contribution in [3.05, 3.63) is 194 Å². The third kappa shape index (κ3) is 6.40. The fourth-order valence-corrected chi connectivity index (χ4v) is 9.30. The molecule has 7 aromatic carbocycles. The van der Waals surface area contributed by atoms with Crippen LogP contribution < -0.4 is 15.9 Å². The zero-order valence-corrected chi connectivity index (χ0v) is 30.0. The molecule has 2 heterocycles. The third-order valence-corrected chi connectivity index (χ3v) is 12.5. The molecular weight excluding hydrogens is 682 g/mol. The van der Waals surface area contributed by atoms with E-state index < -0.39 is 7.14 Å². The monoisotopic (exact) mass is 713 g/mol. The van der Waals surface area contributed by atoms with Gasteiger partial charge in [0, 0.05) is 38.2 Å². The smallest absolute Gasteiger partial charge is 0.182 e. The zero-order valence-electron chi connectivity index (χ0n) is 29.1. The van der Waals surface area contributed by atoms with E-state index in [1.54, 1.807) is 0 Å². The average molecular weight is 714 g/mol. The molecule has 0 aliphatic heterocycles. The van der Waals surface area contributed by atoms with E-state index in [4.69, 9.17) is 24.9 Å². The van der Waals surface area contributed by atoms with Crippen LogP contribution in [0.1, 0.15) is 0 Å². The summed E-state index contributed by atoms with van der Waals surface area (Å²) in [5.41, 5.74) is 4.71. The predicted octanol–water partition coefficient (Wildman–Crippen LogP) is 9.79. The Bertz CT molecular complexity index is 2740. The summed E-state index contributed by atoms with van der Waals surface area (Å²) < 4.78 is 15.1. The molecule has 0 saturated carbocycles. The van der Waals surface area contributed by atoms with Gasteiger partial charge in [-0.25, -0.2) is 24.9 Å². The van der Waals surface area contributed by atoms with Crippen LogP contribution in [0.2, 0.25) is 0 Å². The quantitative estimate of drug-likeness (QED) is 0.146. The number of rotatable bonds is 8. The predicted molar refractivity (Wildman–Crippen MR) is 219 cm³/mol. The normalized spacial score (nSPS) is 11.4. The molecule has 0 amide bonds. The van der Waals surface area contributed by atoms with Crippen LogP contribution >= 0.6 is 7.14 Å². The molecule has 0 aliphatic carbocycles. The number of benzene rings is 7. The number of aromatic nitrogens is 5. The topological polar surface area (TPSA) is 81.5 Å². The van der Waals surface area contributed by atoms with Gasteiger partial charge < -0.3 is 4.57 Å². The van der Waals surface area contributed by atoms with Gasteiger partial charge in [-0.05, 0) is 22.9 Å². The second-order valence-corrected chi connectivity index (χ2v) is 15.7. The van der Waals surface area contributed by atoms with Gasteiger partial charge in [-0.15, -0.1) is 0 Å². The summed E-state index contributed by atoms with van der Waals surface area (Å²) in [5.74, 6) is 2.07. The van der Waals surface area contributed by atoms with Crippen molar-refractivity contribution >= 4 is 33.8 Å². The molecule has 0 unspecified atom stereocenters. The van der Waals surface area contributed by atoms with Crippen LogP contribution in [0.4, 0.5) is 0 Å². The van der Waals surface area contributed by atoms with Gasteiger partial charge in [-0.1, -0.05) is 182 Å². The van der Waals surface area contributed by atoms with Gasteiger partial charge >= 0.3 is 0 Å². The van der Waals surface area contributed by atoms with Crippen molar-refractivity contribution in [2.24, 2.45) is 0 Å². The van der Waals surface area contributed by atoms with Crippen molar-refractivity contribution in [1.82, 2.24) is 24.9 Å². The van der Waals surface area contributed by atoms with Crippen LogP contribution in [0.3, 0.4) is 0 Å². The van der Waals surface area contributed by atoms with E-state index in [0.29, 0.717) is 34.7 Å². The summed E-state index contributed by atoms with van der Waals surface area (Å²) in [5, 5.41) is 4.55. The molecule has 0 radical (unpaired) electrons. The molecule has 9 rings (SSSR count). The molecule has 6 nitrogen and oxygen atoms in total. The Labute approximate surface area is 313 Å². The van der Waals surface area contributed by atoms with Crippen LogP contribution in [0.25, 0.3) is 67.7 Å². The van der Waals surface area contributed by atoms with Crippen LogP contribution in [0.5, 0.6) is 0 Å². The lowest BCUT2D eigenvalue weighted by molar-refractivity contribution is 0.592. The largest absolute Gasteiger partial charge is 0.309 e. The second kappa shape index (κ2) is 14.3. The molecule has 7 heteroatoms. The summed E-state index contributed by atoms with van der Waals surface area (Å²) >= 11 is 0. The van der Waals surface area contributed by atoms with Crippen molar-refractivity contribution in [2.45, 2.75) is 0 Å². The highest BCUT2D eigenvalue weighted by Gasteiger charge is 2.29. The molecule has 2 aromatic heterocycles. The van der Waals surface area contributed by atoms with E-state index in [1.165, 1.54) is 0 Å². The summed E-state index contributed by atoms with van der Waals surface area (Å²) in [7, 11) is -3.15. The first-order valence-electron chi connectivity index (χ1n) is 17.7. The lowest BCUT2D eigenvalue weighted by Crippen LogP contribution is -2.24. The molecule has 0 fully saturated rings. The molecule has 0 saturated heterocycles. The highest BCUT2D eigenvalue weighted by molar-refractivity contribution is 7.85.